The first kappa shape index (κ1) is 10.5. The molecule has 0 bridgehead atoms. The molecule has 0 spiro atoms. The van der Waals surface area contributed by atoms with E-state index in [9.17, 15) is 14.4 Å². The van der Waals surface area contributed by atoms with Gasteiger partial charge in [0.05, 0.1) is 12.3 Å². The zero-order chi connectivity index (χ0) is 11.5. The van der Waals surface area contributed by atoms with Gasteiger partial charge in [-0.05, 0) is 0 Å². The van der Waals surface area contributed by atoms with Gasteiger partial charge in [-0.3, -0.25) is 14.4 Å². The minimum absolute atomic E-state index is 0.146. The molecular formula is C12H10O4. The average molecular weight is 218 g/mol. The van der Waals surface area contributed by atoms with Crippen molar-refractivity contribution in [3.05, 3.63) is 35.9 Å². The summed E-state index contributed by atoms with van der Waals surface area (Å²) in [6.45, 7) is -0.290. The maximum atomic E-state index is 11.9. The second-order valence-corrected chi connectivity index (χ2v) is 3.61. The van der Waals surface area contributed by atoms with Crippen LogP contribution >= 0.6 is 0 Å². The van der Waals surface area contributed by atoms with E-state index in [1.54, 1.807) is 30.3 Å². The molecule has 1 aliphatic rings. The van der Waals surface area contributed by atoms with E-state index in [1.165, 1.54) is 0 Å². The molecule has 1 unspecified atom stereocenters. The van der Waals surface area contributed by atoms with Gasteiger partial charge in [0.1, 0.15) is 0 Å². The fourth-order valence-electron chi connectivity index (χ4n) is 1.63. The van der Waals surface area contributed by atoms with Crippen molar-refractivity contribution in [2.24, 2.45) is 5.92 Å². The summed E-state index contributed by atoms with van der Waals surface area (Å²) in [6, 6.07) is 8.50. The predicted octanol–water partition coefficient (Wildman–Crippen LogP) is 1.00. The van der Waals surface area contributed by atoms with E-state index in [-0.39, 0.29) is 24.6 Å². The molecule has 0 saturated carbocycles. The largest absolute Gasteiger partial charge is 0.458 e. The van der Waals surface area contributed by atoms with E-state index in [1.807, 2.05) is 0 Å². The summed E-state index contributed by atoms with van der Waals surface area (Å²) in [7, 11) is 0. The number of Topliss-reactive ketones (excluding diaryl/α,β-unsaturated/α-hetero) is 2. The van der Waals surface area contributed by atoms with E-state index in [2.05, 4.69) is 4.74 Å². The molecule has 4 heteroatoms. The quantitative estimate of drug-likeness (QED) is 0.422. The van der Waals surface area contributed by atoms with E-state index in [0.29, 0.717) is 5.56 Å². The van der Waals surface area contributed by atoms with E-state index < -0.39 is 11.9 Å². The molecule has 0 aliphatic carbocycles. The number of rotatable bonds is 2. The van der Waals surface area contributed by atoms with E-state index >= 15 is 0 Å². The molecular weight excluding hydrogens is 208 g/mol. The highest BCUT2D eigenvalue weighted by Crippen LogP contribution is 2.18. The van der Waals surface area contributed by atoms with Gasteiger partial charge in [-0.15, -0.1) is 0 Å². The van der Waals surface area contributed by atoms with Gasteiger partial charge in [0, 0.05) is 5.56 Å². The van der Waals surface area contributed by atoms with Crippen LogP contribution in [0.2, 0.25) is 0 Å². The zero-order valence-corrected chi connectivity index (χ0v) is 8.51. The highest BCUT2D eigenvalue weighted by atomic mass is 16.5. The summed E-state index contributed by atoms with van der Waals surface area (Å²) in [4.78, 5) is 34.4. The van der Waals surface area contributed by atoms with Crippen LogP contribution in [0, 0.1) is 5.92 Å². The molecule has 1 heterocycles. The lowest BCUT2D eigenvalue weighted by atomic mass is 9.90. The maximum Gasteiger partial charge on any atom is 0.307 e. The van der Waals surface area contributed by atoms with Crippen LogP contribution < -0.4 is 0 Å². The Morgan fingerprint density at radius 3 is 2.56 bits per heavy atom. The van der Waals surface area contributed by atoms with Crippen LogP contribution in [-0.4, -0.2) is 24.1 Å². The molecule has 0 radical (unpaired) electrons. The second-order valence-electron chi connectivity index (χ2n) is 3.61. The monoisotopic (exact) mass is 218 g/mol. The number of hydrogen-bond donors (Lipinski definition) is 0. The summed E-state index contributed by atoms with van der Waals surface area (Å²) in [5, 5.41) is 0. The Labute approximate surface area is 92.2 Å². The van der Waals surface area contributed by atoms with Gasteiger partial charge in [-0.1, -0.05) is 30.3 Å². The third-order valence-corrected chi connectivity index (χ3v) is 2.51. The van der Waals surface area contributed by atoms with Gasteiger partial charge < -0.3 is 4.74 Å². The van der Waals surface area contributed by atoms with Crippen LogP contribution in [0.4, 0.5) is 0 Å². The summed E-state index contributed by atoms with van der Waals surface area (Å²) >= 11 is 0. The van der Waals surface area contributed by atoms with Gasteiger partial charge in [-0.2, -0.15) is 0 Å². The standard InChI is InChI=1S/C12H10O4/c13-10-7-16-11(14)6-9(10)12(15)8-4-2-1-3-5-8/h1-5,9H,6-7H2. The van der Waals surface area contributed by atoms with Gasteiger partial charge in [0.25, 0.3) is 0 Å². The highest BCUT2D eigenvalue weighted by Gasteiger charge is 2.34. The van der Waals surface area contributed by atoms with Crippen molar-refractivity contribution >= 4 is 17.5 Å². The Morgan fingerprint density at radius 1 is 1.19 bits per heavy atom. The molecule has 82 valence electrons. The smallest absolute Gasteiger partial charge is 0.307 e. The van der Waals surface area contributed by atoms with E-state index in [4.69, 9.17) is 0 Å². The van der Waals surface area contributed by atoms with Crippen molar-refractivity contribution in [1.29, 1.82) is 0 Å². The number of hydrogen-bond acceptors (Lipinski definition) is 4. The second kappa shape index (κ2) is 4.26. The third kappa shape index (κ3) is 2.00. The van der Waals surface area contributed by atoms with Crippen molar-refractivity contribution in [2.45, 2.75) is 6.42 Å². The van der Waals surface area contributed by atoms with Gasteiger partial charge in [0.2, 0.25) is 0 Å². The lowest BCUT2D eigenvalue weighted by molar-refractivity contribution is -0.155. The first-order valence-corrected chi connectivity index (χ1v) is 4.96. The lowest BCUT2D eigenvalue weighted by Gasteiger charge is -2.18. The molecule has 16 heavy (non-hydrogen) atoms. The van der Waals surface area contributed by atoms with Crippen molar-refractivity contribution in [1.82, 2.24) is 0 Å². The summed E-state index contributed by atoms with van der Waals surface area (Å²) in [5.74, 6) is -1.99. The number of esters is 1. The Bertz CT molecular complexity index is 436. The normalized spacial score (nSPS) is 20.4. The summed E-state index contributed by atoms with van der Waals surface area (Å²) in [5.41, 5.74) is 0.454. The first-order chi connectivity index (χ1) is 7.68. The number of ether oxygens (including phenoxy) is 1. The molecule has 2 rings (SSSR count). The first-order valence-electron chi connectivity index (χ1n) is 4.96. The number of carbonyl (C=O) groups excluding carboxylic acids is 3. The van der Waals surface area contributed by atoms with Crippen molar-refractivity contribution in [3.63, 3.8) is 0 Å². The fourth-order valence-corrected chi connectivity index (χ4v) is 1.63. The summed E-state index contributed by atoms with van der Waals surface area (Å²) < 4.78 is 4.57. The van der Waals surface area contributed by atoms with E-state index in [0.717, 1.165) is 0 Å². The van der Waals surface area contributed by atoms with Gasteiger partial charge >= 0.3 is 5.97 Å². The molecule has 1 aromatic carbocycles. The fraction of sp³-hybridized carbons (Fsp3) is 0.250. The number of cyclic esters (lactones) is 1. The Balaban J connectivity index is 2.21. The van der Waals surface area contributed by atoms with Crippen LogP contribution in [0.1, 0.15) is 16.8 Å². The Kier molecular flexibility index (Phi) is 2.81. The average Bonchev–Trinajstić information content (AvgIpc) is 2.32. The summed E-state index contributed by atoms with van der Waals surface area (Å²) in [6.07, 6.45) is -0.146. The molecule has 1 atom stereocenters. The molecule has 1 fully saturated rings. The number of ketones is 2. The maximum absolute atomic E-state index is 11.9. The molecule has 1 saturated heterocycles. The molecule has 4 nitrogen and oxygen atoms in total. The van der Waals surface area contributed by atoms with Gasteiger partial charge in [-0.25, -0.2) is 0 Å². The van der Waals surface area contributed by atoms with Crippen molar-refractivity contribution < 1.29 is 19.1 Å². The molecule has 1 aromatic rings. The van der Waals surface area contributed by atoms with Crippen LogP contribution in [0.15, 0.2) is 30.3 Å². The van der Waals surface area contributed by atoms with Crippen LogP contribution in [0.5, 0.6) is 0 Å². The van der Waals surface area contributed by atoms with Crippen LogP contribution in [-0.2, 0) is 14.3 Å². The molecule has 0 aromatic heterocycles. The highest BCUT2D eigenvalue weighted by molar-refractivity contribution is 6.13. The third-order valence-electron chi connectivity index (χ3n) is 2.51. The Morgan fingerprint density at radius 2 is 1.88 bits per heavy atom. The zero-order valence-electron chi connectivity index (χ0n) is 8.51. The number of carbonyl (C=O) groups is 3. The molecule has 0 N–H and O–H groups in total. The minimum Gasteiger partial charge on any atom is -0.458 e. The molecule has 0 amide bonds. The van der Waals surface area contributed by atoms with Crippen molar-refractivity contribution in [3.8, 4) is 0 Å². The van der Waals surface area contributed by atoms with Crippen LogP contribution in [0.3, 0.4) is 0 Å². The van der Waals surface area contributed by atoms with Gasteiger partial charge in [0.15, 0.2) is 18.2 Å². The molecule has 1 aliphatic heterocycles. The topological polar surface area (TPSA) is 60.4 Å². The minimum atomic E-state index is -0.872. The van der Waals surface area contributed by atoms with Crippen LogP contribution in [0.25, 0.3) is 0 Å². The van der Waals surface area contributed by atoms with Crippen molar-refractivity contribution in [2.75, 3.05) is 6.61 Å². The predicted molar refractivity (Wildman–Crippen MR) is 54.8 cm³/mol. The SMILES string of the molecule is O=C1CC(C(=O)c2ccccc2)C(=O)CO1. The number of benzene rings is 1. The Hall–Kier alpha value is -1.97. The lowest BCUT2D eigenvalue weighted by Crippen LogP contribution is -2.36.